The quantitative estimate of drug-likeness (QED) is 0.749. The first-order chi connectivity index (χ1) is 10.5. The standard InChI is InChI=1S/C16H18N2O4/c1-10-4-3-5-12(8-10)18-16(21)15(20)17-9-13(19)14-7-6-11(2)22-14/h3-8,13,19H,9H2,1-2H3,(H,17,20)(H,18,21). The number of hydrogen-bond acceptors (Lipinski definition) is 4. The molecule has 0 radical (unpaired) electrons. The topological polar surface area (TPSA) is 91.6 Å². The summed E-state index contributed by atoms with van der Waals surface area (Å²) in [6, 6.07) is 10.5. The number of anilines is 1. The van der Waals surface area contributed by atoms with Crippen LogP contribution < -0.4 is 10.6 Å². The number of carbonyl (C=O) groups is 2. The van der Waals surface area contributed by atoms with E-state index in [1.807, 2.05) is 13.0 Å². The Kier molecular flexibility index (Phi) is 4.95. The van der Waals surface area contributed by atoms with Crippen molar-refractivity contribution in [3.8, 4) is 0 Å². The van der Waals surface area contributed by atoms with Gasteiger partial charge in [-0.3, -0.25) is 9.59 Å². The van der Waals surface area contributed by atoms with Gasteiger partial charge >= 0.3 is 11.8 Å². The molecular weight excluding hydrogens is 284 g/mol. The molecule has 116 valence electrons. The molecule has 3 N–H and O–H groups in total. The van der Waals surface area contributed by atoms with Gasteiger partial charge in [0.1, 0.15) is 17.6 Å². The summed E-state index contributed by atoms with van der Waals surface area (Å²) in [4.78, 5) is 23.5. The van der Waals surface area contributed by atoms with Crippen molar-refractivity contribution in [1.82, 2.24) is 5.32 Å². The molecule has 0 spiro atoms. The third-order valence-electron chi connectivity index (χ3n) is 3.03. The number of benzene rings is 1. The van der Waals surface area contributed by atoms with Crippen LogP contribution in [0.2, 0.25) is 0 Å². The van der Waals surface area contributed by atoms with Crippen molar-refractivity contribution in [2.75, 3.05) is 11.9 Å². The molecule has 22 heavy (non-hydrogen) atoms. The Morgan fingerprint density at radius 3 is 2.59 bits per heavy atom. The molecule has 1 aromatic heterocycles. The molecule has 0 bridgehead atoms. The molecular formula is C16H18N2O4. The van der Waals surface area contributed by atoms with E-state index in [1.165, 1.54) is 0 Å². The maximum Gasteiger partial charge on any atom is 0.313 e. The normalized spacial score (nSPS) is 11.8. The highest BCUT2D eigenvalue weighted by Crippen LogP contribution is 2.15. The van der Waals surface area contributed by atoms with Crippen molar-refractivity contribution in [2.24, 2.45) is 0 Å². The van der Waals surface area contributed by atoms with Crippen molar-refractivity contribution in [3.63, 3.8) is 0 Å². The van der Waals surface area contributed by atoms with Gasteiger partial charge in [-0.25, -0.2) is 0 Å². The second-order valence-electron chi connectivity index (χ2n) is 5.00. The fraction of sp³-hybridized carbons (Fsp3) is 0.250. The number of aliphatic hydroxyl groups excluding tert-OH is 1. The minimum Gasteiger partial charge on any atom is -0.464 e. The zero-order valence-corrected chi connectivity index (χ0v) is 12.4. The first kappa shape index (κ1) is 15.8. The first-order valence-corrected chi connectivity index (χ1v) is 6.86. The van der Waals surface area contributed by atoms with Crippen LogP contribution in [-0.4, -0.2) is 23.5 Å². The third-order valence-corrected chi connectivity index (χ3v) is 3.03. The van der Waals surface area contributed by atoms with Crippen molar-refractivity contribution in [2.45, 2.75) is 20.0 Å². The van der Waals surface area contributed by atoms with Crippen LogP contribution >= 0.6 is 0 Å². The fourth-order valence-electron chi connectivity index (χ4n) is 1.91. The number of furan rings is 1. The van der Waals surface area contributed by atoms with E-state index < -0.39 is 17.9 Å². The Morgan fingerprint density at radius 2 is 1.95 bits per heavy atom. The minimum atomic E-state index is -0.996. The van der Waals surface area contributed by atoms with Crippen LogP contribution in [0, 0.1) is 13.8 Å². The van der Waals surface area contributed by atoms with Crippen LogP contribution in [0.3, 0.4) is 0 Å². The maximum absolute atomic E-state index is 11.7. The predicted octanol–water partition coefficient (Wildman–Crippen LogP) is 1.68. The second-order valence-corrected chi connectivity index (χ2v) is 5.00. The lowest BCUT2D eigenvalue weighted by Gasteiger charge is -2.10. The number of hydrogen-bond donors (Lipinski definition) is 3. The second kappa shape index (κ2) is 6.91. The SMILES string of the molecule is Cc1cccc(NC(=O)C(=O)NCC(O)c2ccc(C)o2)c1. The molecule has 2 aromatic rings. The first-order valence-electron chi connectivity index (χ1n) is 6.86. The lowest BCUT2D eigenvalue weighted by atomic mass is 10.2. The molecule has 1 atom stereocenters. The van der Waals surface area contributed by atoms with Crippen LogP contribution in [0.25, 0.3) is 0 Å². The van der Waals surface area contributed by atoms with Gasteiger partial charge in [-0.1, -0.05) is 12.1 Å². The van der Waals surface area contributed by atoms with Crippen molar-refractivity contribution < 1.29 is 19.1 Å². The number of aryl methyl sites for hydroxylation is 2. The summed E-state index contributed by atoms with van der Waals surface area (Å²) in [6.07, 6.45) is -0.996. The van der Waals surface area contributed by atoms with Crippen molar-refractivity contribution in [3.05, 3.63) is 53.5 Å². The van der Waals surface area contributed by atoms with E-state index >= 15 is 0 Å². The summed E-state index contributed by atoms with van der Waals surface area (Å²) in [7, 11) is 0. The molecule has 1 unspecified atom stereocenters. The predicted molar refractivity (Wildman–Crippen MR) is 81.2 cm³/mol. The van der Waals surface area contributed by atoms with Crippen LogP contribution in [0.1, 0.15) is 23.2 Å². The largest absolute Gasteiger partial charge is 0.464 e. The van der Waals surface area contributed by atoms with E-state index in [1.54, 1.807) is 37.3 Å². The van der Waals surface area contributed by atoms with Crippen molar-refractivity contribution in [1.29, 1.82) is 0 Å². The van der Waals surface area contributed by atoms with E-state index in [2.05, 4.69) is 10.6 Å². The van der Waals surface area contributed by atoms with E-state index in [-0.39, 0.29) is 6.54 Å². The average Bonchev–Trinajstić information content (AvgIpc) is 2.91. The van der Waals surface area contributed by atoms with Gasteiger partial charge in [-0.2, -0.15) is 0 Å². The lowest BCUT2D eigenvalue weighted by Crippen LogP contribution is -2.37. The van der Waals surface area contributed by atoms with Gasteiger partial charge < -0.3 is 20.2 Å². The van der Waals surface area contributed by atoms with Gasteiger partial charge in [0.25, 0.3) is 0 Å². The Morgan fingerprint density at radius 1 is 1.18 bits per heavy atom. The van der Waals surface area contributed by atoms with Gasteiger partial charge in [-0.05, 0) is 43.7 Å². The molecule has 0 saturated heterocycles. The van der Waals surface area contributed by atoms with Gasteiger partial charge in [0.05, 0.1) is 6.54 Å². The molecule has 1 heterocycles. The summed E-state index contributed by atoms with van der Waals surface area (Å²) in [5.74, 6) is -0.591. The van der Waals surface area contributed by atoms with E-state index in [0.29, 0.717) is 17.2 Å². The minimum absolute atomic E-state index is 0.104. The molecule has 0 aliphatic rings. The Hall–Kier alpha value is -2.60. The Labute approximate surface area is 128 Å². The summed E-state index contributed by atoms with van der Waals surface area (Å²) < 4.78 is 5.25. The lowest BCUT2D eigenvalue weighted by molar-refractivity contribution is -0.136. The number of nitrogens with one attached hydrogen (secondary N) is 2. The van der Waals surface area contributed by atoms with Crippen LogP contribution in [0.4, 0.5) is 5.69 Å². The monoisotopic (exact) mass is 302 g/mol. The Balaban J connectivity index is 1.85. The fourth-order valence-corrected chi connectivity index (χ4v) is 1.91. The number of aliphatic hydroxyl groups is 1. The van der Waals surface area contributed by atoms with E-state index in [0.717, 1.165) is 5.56 Å². The van der Waals surface area contributed by atoms with Gasteiger partial charge in [-0.15, -0.1) is 0 Å². The molecule has 1 aromatic carbocycles. The molecule has 6 heteroatoms. The summed E-state index contributed by atoms with van der Waals surface area (Å²) in [5.41, 5.74) is 1.52. The highest BCUT2D eigenvalue weighted by atomic mass is 16.4. The van der Waals surface area contributed by atoms with Gasteiger partial charge in [0, 0.05) is 5.69 Å². The molecule has 2 amide bonds. The van der Waals surface area contributed by atoms with E-state index in [9.17, 15) is 14.7 Å². The molecule has 0 fully saturated rings. The van der Waals surface area contributed by atoms with Crippen LogP contribution in [0.5, 0.6) is 0 Å². The zero-order valence-electron chi connectivity index (χ0n) is 12.4. The van der Waals surface area contributed by atoms with E-state index in [4.69, 9.17) is 4.42 Å². The zero-order chi connectivity index (χ0) is 16.1. The molecule has 2 rings (SSSR count). The number of rotatable bonds is 4. The average molecular weight is 302 g/mol. The number of amides is 2. The number of carbonyl (C=O) groups excluding carboxylic acids is 2. The summed E-state index contributed by atoms with van der Waals surface area (Å²) >= 11 is 0. The highest BCUT2D eigenvalue weighted by Gasteiger charge is 2.17. The summed E-state index contributed by atoms with van der Waals surface area (Å²) in [5, 5.41) is 14.7. The van der Waals surface area contributed by atoms with Gasteiger partial charge in [0.2, 0.25) is 0 Å². The Bertz CT molecular complexity index is 678. The highest BCUT2D eigenvalue weighted by molar-refractivity contribution is 6.39. The van der Waals surface area contributed by atoms with Crippen molar-refractivity contribution >= 4 is 17.5 Å². The third kappa shape index (κ3) is 4.20. The molecule has 0 saturated carbocycles. The maximum atomic E-state index is 11.7. The smallest absolute Gasteiger partial charge is 0.313 e. The summed E-state index contributed by atoms with van der Waals surface area (Å²) in [6.45, 7) is 3.54. The van der Waals surface area contributed by atoms with Crippen LogP contribution in [-0.2, 0) is 9.59 Å². The van der Waals surface area contributed by atoms with Gasteiger partial charge in [0.15, 0.2) is 0 Å². The van der Waals surface area contributed by atoms with Crippen LogP contribution in [0.15, 0.2) is 40.8 Å². The molecule has 0 aliphatic carbocycles. The molecule has 0 aliphatic heterocycles. The molecule has 6 nitrogen and oxygen atoms in total.